The van der Waals surface area contributed by atoms with E-state index in [1.54, 1.807) is 18.3 Å². The Morgan fingerprint density at radius 3 is 2.32 bits per heavy atom. The van der Waals surface area contributed by atoms with E-state index in [2.05, 4.69) is 29.6 Å². The number of para-hydroxylation sites is 1. The molecule has 0 atom stereocenters. The van der Waals surface area contributed by atoms with Crippen molar-refractivity contribution in [1.29, 1.82) is 0 Å². The molecule has 0 saturated carbocycles. The third-order valence-corrected chi connectivity index (χ3v) is 4.47. The number of hydrazone groups is 1. The Kier molecular flexibility index (Phi) is 6.22. The highest BCUT2D eigenvalue weighted by Crippen LogP contribution is 2.19. The van der Waals surface area contributed by atoms with Crippen LogP contribution in [0.5, 0.6) is 5.75 Å². The summed E-state index contributed by atoms with van der Waals surface area (Å²) < 4.78 is 5.85. The van der Waals surface area contributed by atoms with Crippen molar-refractivity contribution < 1.29 is 9.53 Å². The van der Waals surface area contributed by atoms with Crippen molar-refractivity contribution in [2.75, 3.05) is 0 Å². The second-order valence-corrected chi connectivity index (χ2v) is 6.78. The minimum absolute atomic E-state index is 0.303. The van der Waals surface area contributed by atoms with Crippen LogP contribution in [0.2, 0.25) is 0 Å². The predicted molar refractivity (Wildman–Crippen MR) is 113 cm³/mol. The van der Waals surface area contributed by atoms with Gasteiger partial charge in [-0.25, -0.2) is 5.43 Å². The number of hydrogen-bond donors (Lipinski definition) is 1. The summed E-state index contributed by atoms with van der Waals surface area (Å²) >= 11 is 0. The largest absolute Gasteiger partial charge is 0.488 e. The molecule has 0 saturated heterocycles. The van der Waals surface area contributed by atoms with Gasteiger partial charge in [0.15, 0.2) is 0 Å². The lowest BCUT2D eigenvalue weighted by atomic mass is 10.0. The molecule has 0 radical (unpaired) electrons. The number of nitrogens with zero attached hydrogens (tertiary/aromatic N) is 1. The van der Waals surface area contributed by atoms with E-state index in [9.17, 15) is 4.79 Å². The molecule has 0 unspecified atom stereocenters. The zero-order valence-corrected chi connectivity index (χ0v) is 16.4. The Labute approximate surface area is 165 Å². The third-order valence-electron chi connectivity index (χ3n) is 4.47. The van der Waals surface area contributed by atoms with Gasteiger partial charge in [0.05, 0.1) is 11.8 Å². The van der Waals surface area contributed by atoms with Crippen molar-refractivity contribution in [1.82, 2.24) is 5.43 Å². The van der Waals surface area contributed by atoms with E-state index in [4.69, 9.17) is 4.74 Å². The SMILES string of the molecule is Cc1cc(C)c(C=NNC(=O)c2ccccc2OCc2ccccc2)c(C)c1. The first-order valence-electron chi connectivity index (χ1n) is 9.21. The first-order chi connectivity index (χ1) is 13.5. The lowest BCUT2D eigenvalue weighted by Gasteiger charge is -2.10. The van der Waals surface area contributed by atoms with Crippen molar-refractivity contribution in [3.63, 3.8) is 0 Å². The molecule has 4 nitrogen and oxygen atoms in total. The van der Waals surface area contributed by atoms with Gasteiger partial charge in [-0.15, -0.1) is 0 Å². The summed E-state index contributed by atoms with van der Waals surface area (Å²) in [6.07, 6.45) is 1.69. The number of rotatable bonds is 6. The lowest BCUT2D eigenvalue weighted by molar-refractivity contribution is 0.0950. The summed E-state index contributed by atoms with van der Waals surface area (Å²) in [4.78, 5) is 12.6. The standard InChI is InChI=1S/C24H24N2O2/c1-17-13-18(2)22(19(3)14-17)15-25-26-24(27)21-11-7-8-12-23(21)28-16-20-9-5-4-6-10-20/h4-15H,16H2,1-3H3,(H,26,27). The van der Waals surface area contributed by atoms with E-state index in [-0.39, 0.29) is 5.91 Å². The molecule has 4 heteroatoms. The number of nitrogens with one attached hydrogen (secondary N) is 1. The van der Waals surface area contributed by atoms with E-state index < -0.39 is 0 Å². The summed E-state index contributed by atoms with van der Waals surface area (Å²) in [5.41, 5.74) is 8.58. The van der Waals surface area contributed by atoms with Crippen LogP contribution in [0.3, 0.4) is 0 Å². The van der Waals surface area contributed by atoms with Gasteiger partial charge in [-0.1, -0.05) is 60.2 Å². The summed E-state index contributed by atoms with van der Waals surface area (Å²) in [7, 11) is 0. The molecule has 28 heavy (non-hydrogen) atoms. The van der Waals surface area contributed by atoms with Gasteiger partial charge in [0.2, 0.25) is 0 Å². The van der Waals surface area contributed by atoms with Gasteiger partial charge >= 0.3 is 0 Å². The number of aryl methyl sites for hydroxylation is 3. The molecule has 0 aliphatic carbocycles. The molecule has 0 heterocycles. The highest BCUT2D eigenvalue weighted by Gasteiger charge is 2.11. The molecule has 0 aromatic heterocycles. The molecule has 1 N–H and O–H groups in total. The highest BCUT2D eigenvalue weighted by molar-refractivity contribution is 5.97. The highest BCUT2D eigenvalue weighted by atomic mass is 16.5. The van der Waals surface area contributed by atoms with E-state index in [1.165, 1.54) is 5.56 Å². The first kappa shape index (κ1) is 19.4. The summed E-state index contributed by atoms with van der Waals surface area (Å²) in [5.74, 6) is 0.226. The normalized spacial score (nSPS) is 10.8. The average Bonchev–Trinajstić information content (AvgIpc) is 2.69. The van der Waals surface area contributed by atoms with Crippen molar-refractivity contribution in [3.8, 4) is 5.75 Å². The zero-order chi connectivity index (χ0) is 19.9. The molecule has 1 amide bonds. The monoisotopic (exact) mass is 372 g/mol. The van der Waals surface area contributed by atoms with E-state index in [1.807, 2.05) is 56.3 Å². The number of amides is 1. The molecule has 3 rings (SSSR count). The summed E-state index contributed by atoms with van der Waals surface area (Å²) in [6, 6.07) is 21.2. The molecular weight excluding hydrogens is 348 g/mol. The Balaban J connectivity index is 1.69. The van der Waals surface area contributed by atoms with Gasteiger partial charge in [0.25, 0.3) is 5.91 Å². The topological polar surface area (TPSA) is 50.7 Å². The van der Waals surface area contributed by atoms with Crippen LogP contribution in [0.25, 0.3) is 0 Å². The fourth-order valence-corrected chi connectivity index (χ4v) is 3.13. The maximum absolute atomic E-state index is 12.6. The smallest absolute Gasteiger partial charge is 0.275 e. The minimum atomic E-state index is -0.303. The number of hydrogen-bond acceptors (Lipinski definition) is 3. The quantitative estimate of drug-likeness (QED) is 0.491. The van der Waals surface area contributed by atoms with Gasteiger partial charge in [-0.2, -0.15) is 5.10 Å². The molecule has 3 aromatic carbocycles. The van der Waals surface area contributed by atoms with Crippen LogP contribution in [0, 0.1) is 20.8 Å². The fourth-order valence-electron chi connectivity index (χ4n) is 3.13. The lowest BCUT2D eigenvalue weighted by Crippen LogP contribution is -2.19. The van der Waals surface area contributed by atoms with Crippen LogP contribution in [0.1, 0.15) is 38.2 Å². The van der Waals surface area contributed by atoms with Crippen LogP contribution in [0.4, 0.5) is 0 Å². The predicted octanol–water partition coefficient (Wildman–Crippen LogP) is 4.95. The van der Waals surface area contributed by atoms with Gasteiger partial charge in [-0.3, -0.25) is 4.79 Å². The van der Waals surface area contributed by atoms with E-state index in [0.29, 0.717) is 17.9 Å². The number of carbonyl (C=O) groups excluding carboxylic acids is 1. The van der Waals surface area contributed by atoms with Crippen LogP contribution in [-0.2, 0) is 6.61 Å². The molecular formula is C24H24N2O2. The van der Waals surface area contributed by atoms with Crippen molar-refractivity contribution in [2.45, 2.75) is 27.4 Å². The molecule has 0 bridgehead atoms. The second-order valence-electron chi connectivity index (χ2n) is 6.78. The van der Waals surface area contributed by atoms with Gasteiger partial charge in [-0.05, 0) is 49.6 Å². The fraction of sp³-hybridized carbons (Fsp3) is 0.167. The van der Waals surface area contributed by atoms with E-state index >= 15 is 0 Å². The average molecular weight is 372 g/mol. The maximum Gasteiger partial charge on any atom is 0.275 e. The minimum Gasteiger partial charge on any atom is -0.488 e. The Morgan fingerprint density at radius 1 is 0.964 bits per heavy atom. The second kappa shape index (κ2) is 9.00. The van der Waals surface area contributed by atoms with Crippen LogP contribution in [0.15, 0.2) is 71.8 Å². The van der Waals surface area contributed by atoms with Crippen molar-refractivity contribution in [3.05, 3.63) is 100 Å². The van der Waals surface area contributed by atoms with Crippen LogP contribution in [-0.4, -0.2) is 12.1 Å². The van der Waals surface area contributed by atoms with Crippen molar-refractivity contribution >= 4 is 12.1 Å². The summed E-state index contributed by atoms with van der Waals surface area (Å²) in [5, 5.41) is 4.15. The molecule has 0 spiro atoms. The number of carbonyl (C=O) groups is 1. The zero-order valence-electron chi connectivity index (χ0n) is 16.4. The van der Waals surface area contributed by atoms with Gasteiger partial charge in [0, 0.05) is 5.56 Å². The molecule has 0 aliphatic heterocycles. The third kappa shape index (κ3) is 4.86. The molecule has 0 aliphatic rings. The molecule has 142 valence electrons. The van der Waals surface area contributed by atoms with Crippen LogP contribution >= 0.6 is 0 Å². The summed E-state index contributed by atoms with van der Waals surface area (Å²) in [6.45, 7) is 6.54. The molecule has 0 fully saturated rings. The van der Waals surface area contributed by atoms with Gasteiger partial charge in [0.1, 0.15) is 12.4 Å². The Hall–Kier alpha value is -3.40. The number of benzene rings is 3. The number of ether oxygens (including phenoxy) is 1. The Morgan fingerprint density at radius 2 is 1.61 bits per heavy atom. The first-order valence-corrected chi connectivity index (χ1v) is 9.21. The van der Waals surface area contributed by atoms with Gasteiger partial charge < -0.3 is 4.74 Å². The van der Waals surface area contributed by atoms with Crippen molar-refractivity contribution in [2.24, 2.45) is 5.10 Å². The maximum atomic E-state index is 12.6. The van der Waals surface area contributed by atoms with E-state index in [0.717, 1.165) is 22.3 Å². The Bertz CT molecular complexity index is 971. The molecule has 3 aromatic rings. The van der Waals surface area contributed by atoms with Crippen LogP contribution < -0.4 is 10.2 Å².